The number of nitrogens with zero attached hydrogens (tertiary/aromatic N) is 1. The third kappa shape index (κ3) is 5.21. The zero-order valence-electron chi connectivity index (χ0n) is 19.4. The lowest BCUT2D eigenvalue weighted by Crippen LogP contribution is -2.39. The van der Waals surface area contributed by atoms with E-state index in [0.717, 1.165) is 34.0 Å². The lowest BCUT2D eigenvalue weighted by atomic mass is 10.0. The van der Waals surface area contributed by atoms with Gasteiger partial charge in [-0.1, -0.05) is 31.2 Å². The van der Waals surface area contributed by atoms with Crippen molar-refractivity contribution < 1.29 is 19.4 Å². The highest BCUT2D eigenvalue weighted by atomic mass is 16.5. The summed E-state index contributed by atoms with van der Waals surface area (Å²) in [6.07, 6.45) is 4.95. The van der Waals surface area contributed by atoms with Gasteiger partial charge in [-0.15, -0.1) is 0 Å². The van der Waals surface area contributed by atoms with E-state index < -0.39 is 6.04 Å². The molecule has 0 aliphatic carbocycles. The average molecular weight is 460 g/mol. The monoisotopic (exact) mass is 459 g/mol. The molecule has 1 atom stereocenters. The highest BCUT2D eigenvalue weighted by Gasteiger charge is 2.19. The molecule has 0 aliphatic rings. The van der Waals surface area contributed by atoms with Gasteiger partial charge in [-0.05, 0) is 48.2 Å². The molecule has 7 nitrogen and oxygen atoms in total. The minimum absolute atomic E-state index is 0.182. The first-order valence-corrected chi connectivity index (χ1v) is 11.4. The maximum Gasteiger partial charge on any atom is 0.255 e. The van der Waals surface area contributed by atoms with Crippen molar-refractivity contribution in [3.63, 3.8) is 0 Å². The number of nitrogens with one attached hydrogen (secondary N) is 2. The number of carbonyl (C=O) groups excluding carboxylic acids is 1. The van der Waals surface area contributed by atoms with Crippen LogP contribution in [0.3, 0.4) is 0 Å². The molecular weight excluding hydrogens is 430 g/mol. The number of para-hydroxylation sites is 1. The molecule has 4 rings (SSSR count). The van der Waals surface area contributed by atoms with Gasteiger partial charge in [-0.25, -0.2) is 4.98 Å². The van der Waals surface area contributed by atoms with E-state index >= 15 is 0 Å². The molecule has 2 heterocycles. The zero-order valence-corrected chi connectivity index (χ0v) is 19.4. The number of methoxy groups -OCH3 is 1. The van der Waals surface area contributed by atoms with E-state index in [9.17, 15) is 9.90 Å². The van der Waals surface area contributed by atoms with Gasteiger partial charge < -0.3 is 24.9 Å². The fourth-order valence-electron chi connectivity index (χ4n) is 3.89. The van der Waals surface area contributed by atoms with Crippen LogP contribution in [-0.2, 0) is 6.42 Å². The molecule has 34 heavy (non-hydrogen) atoms. The van der Waals surface area contributed by atoms with Gasteiger partial charge in [-0.3, -0.25) is 4.79 Å². The van der Waals surface area contributed by atoms with E-state index in [-0.39, 0.29) is 12.5 Å². The Morgan fingerprint density at radius 3 is 2.71 bits per heavy atom. The molecule has 3 N–H and O–H groups in total. The largest absolute Gasteiger partial charge is 0.493 e. The van der Waals surface area contributed by atoms with Gasteiger partial charge in [0.25, 0.3) is 5.91 Å². The minimum Gasteiger partial charge on any atom is -0.493 e. The molecule has 7 heteroatoms. The van der Waals surface area contributed by atoms with Gasteiger partial charge in [0.15, 0.2) is 0 Å². The Labute approximate surface area is 198 Å². The SMILES string of the molecule is CCCOc1ccc(-c2ccc(OC)nc2)cc1C(=O)N[C@H](CO)Cc1c[nH]c2ccccc12. The second-order valence-electron chi connectivity index (χ2n) is 8.07. The number of hydrogen-bond acceptors (Lipinski definition) is 5. The van der Waals surface area contributed by atoms with Crippen LogP contribution in [0, 0.1) is 0 Å². The third-order valence-corrected chi connectivity index (χ3v) is 5.66. The summed E-state index contributed by atoms with van der Waals surface area (Å²) in [6.45, 7) is 2.33. The second-order valence-corrected chi connectivity index (χ2v) is 8.07. The van der Waals surface area contributed by atoms with Crippen LogP contribution in [0.1, 0.15) is 29.3 Å². The van der Waals surface area contributed by atoms with E-state index in [2.05, 4.69) is 15.3 Å². The van der Waals surface area contributed by atoms with Gasteiger partial charge in [0, 0.05) is 34.9 Å². The number of pyridine rings is 1. The molecule has 0 unspecified atom stereocenters. The van der Waals surface area contributed by atoms with E-state index in [0.29, 0.717) is 30.2 Å². The van der Waals surface area contributed by atoms with Crippen molar-refractivity contribution in [1.29, 1.82) is 0 Å². The average Bonchev–Trinajstić information content (AvgIpc) is 3.29. The van der Waals surface area contributed by atoms with Crippen molar-refractivity contribution in [2.75, 3.05) is 20.3 Å². The summed E-state index contributed by atoms with van der Waals surface area (Å²) in [7, 11) is 1.57. The van der Waals surface area contributed by atoms with Gasteiger partial charge >= 0.3 is 0 Å². The molecule has 2 aromatic heterocycles. The number of carbonyl (C=O) groups is 1. The number of amides is 1. The Kier molecular flexibility index (Phi) is 7.44. The van der Waals surface area contributed by atoms with Crippen molar-refractivity contribution in [2.24, 2.45) is 0 Å². The first-order chi connectivity index (χ1) is 16.6. The van der Waals surface area contributed by atoms with Crippen molar-refractivity contribution in [3.05, 3.63) is 78.1 Å². The summed E-state index contributed by atoms with van der Waals surface area (Å²) in [5.74, 6) is 0.731. The van der Waals surface area contributed by atoms with Crippen LogP contribution in [0.2, 0.25) is 0 Å². The van der Waals surface area contributed by atoms with Crippen molar-refractivity contribution in [2.45, 2.75) is 25.8 Å². The van der Waals surface area contributed by atoms with Gasteiger partial charge in [0.05, 0.1) is 31.9 Å². The fraction of sp³-hybridized carbons (Fsp3) is 0.259. The fourth-order valence-corrected chi connectivity index (χ4v) is 3.89. The van der Waals surface area contributed by atoms with E-state index in [1.54, 1.807) is 31.5 Å². The van der Waals surface area contributed by atoms with Crippen LogP contribution in [0.5, 0.6) is 11.6 Å². The molecule has 1 amide bonds. The van der Waals surface area contributed by atoms with E-state index in [1.165, 1.54) is 0 Å². The van der Waals surface area contributed by atoms with Gasteiger partial charge in [0.1, 0.15) is 5.75 Å². The normalized spacial score (nSPS) is 11.9. The molecule has 0 bridgehead atoms. The molecule has 0 fully saturated rings. The molecule has 2 aromatic carbocycles. The zero-order chi connectivity index (χ0) is 23.9. The number of hydrogen-bond donors (Lipinski definition) is 3. The summed E-state index contributed by atoms with van der Waals surface area (Å²) in [5.41, 5.74) is 4.17. The molecular formula is C27H29N3O4. The number of aliphatic hydroxyl groups excluding tert-OH is 1. The van der Waals surface area contributed by atoms with Crippen LogP contribution in [-0.4, -0.2) is 47.3 Å². The summed E-state index contributed by atoms with van der Waals surface area (Å²) < 4.78 is 11.0. The summed E-state index contributed by atoms with van der Waals surface area (Å²) in [4.78, 5) is 20.8. The highest BCUT2D eigenvalue weighted by molar-refractivity contribution is 5.98. The van der Waals surface area contributed by atoms with Gasteiger partial charge in [0.2, 0.25) is 5.88 Å². The maximum atomic E-state index is 13.3. The predicted octanol–water partition coefficient (Wildman–Crippen LogP) is 4.36. The van der Waals surface area contributed by atoms with E-state index in [4.69, 9.17) is 9.47 Å². The van der Waals surface area contributed by atoms with Crippen LogP contribution in [0.15, 0.2) is 67.0 Å². The molecule has 0 radical (unpaired) electrons. The number of aromatic amines is 1. The van der Waals surface area contributed by atoms with Crippen LogP contribution in [0.25, 0.3) is 22.0 Å². The maximum absolute atomic E-state index is 13.3. The molecule has 0 saturated heterocycles. The number of rotatable bonds is 10. The first kappa shape index (κ1) is 23.3. The smallest absolute Gasteiger partial charge is 0.255 e. The van der Waals surface area contributed by atoms with Crippen molar-refractivity contribution in [3.8, 4) is 22.8 Å². The van der Waals surface area contributed by atoms with Crippen LogP contribution in [0.4, 0.5) is 0 Å². The Morgan fingerprint density at radius 2 is 1.97 bits per heavy atom. The summed E-state index contributed by atoms with van der Waals surface area (Å²) >= 11 is 0. The lowest BCUT2D eigenvalue weighted by molar-refractivity contribution is 0.0912. The number of aliphatic hydroxyl groups is 1. The Morgan fingerprint density at radius 1 is 1.15 bits per heavy atom. The van der Waals surface area contributed by atoms with Crippen LogP contribution < -0.4 is 14.8 Å². The third-order valence-electron chi connectivity index (χ3n) is 5.66. The number of H-pyrrole nitrogens is 1. The van der Waals surface area contributed by atoms with E-state index in [1.807, 2.05) is 49.5 Å². The minimum atomic E-state index is -0.447. The topological polar surface area (TPSA) is 96.5 Å². The predicted molar refractivity (Wildman–Crippen MR) is 132 cm³/mol. The number of ether oxygens (including phenoxy) is 2. The standard InChI is InChI=1S/C27H29N3O4/c1-3-12-34-25-10-8-18(19-9-11-26(33-2)29-15-19)14-23(25)27(32)30-21(17-31)13-20-16-28-24-7-5-4-6-22(20)24/h4-11,14-16,21,28,31H,3,12-13,17H2,1-2H3,(H,30,32)/t21-/m0/s1. The van der Waals surface area contributed by atoms with Crippen LogP contribution >= 0.6 is 0 Å². The summed E-state index contributed by atoms with van der Waals surface area (Å²) in [6, 6.07) is 16.7. The molecule has 0 saturated carbocycles. The number of fused-ring (bicyclic) bond motifs is 1. The highest BCUT2D eigenvalue weighted by Crippen LogP contribution is 2.28. The number of benzene rings is 2. The van der Waals surface area contributed by atoms with Gasteiger partial charge in [-0.2, -0.15) is 0 Å². The molecule has 0 spiro atoms. The Bertz CT molecular complexity index is 1250. The Balaban J connectivity index is 1.58. The Hall–Kier alpha value is -3.84. The molecule has 176 valence electrons. The molecule has 0 aliphatic heterocycles. The molecule has 4 aromatic rings. The lowest BCUT2D eigenvalue weighted by Gasteiger charge is -2.18. The van der Waals surface area contributed by atoms with Crippen molar-refractivity contribution >= 4 is 16.8 Å². The number of aromatic nitrogens is 2. The second kappa shape index (κ2) is 10.9. The first-order valence-electron chi connectivity index (χ1n) is 11.4. The quantitative estimate of drug-likeness (QED) is 0.327. The summed E-state index contributed by atoms with van der Waals surface area (Å²) in [5, 5.41) is 14.1. The van der Waals surface area contributed by atoms with Crippen molar-refractivity contribution in [1.82, 2.24) is 15.3 Å².